The van der Waals surface area contributed by atoms with Crippen LogP contribution in [-0.4, -0.2) is 50.2 Å². The molecular formula is C13H26N2O2. The number of rotatable bonds is 6. The van der Waals surface area contributed by atoms with Crippen LogP contribution < -0.4 is 5.32 Å². The van der Waals surface area contributed by atoms with Crippen LogP contribution in [0.5, 0.6) is 0 Å². The van der Waals surface area contributed by atoms with Gasteiger partial charge in [0.15, 0.2) is 0 Å². The summed E-state index contributed by atoms with van der Waals surface area (Å²) < 4.78 is 4.84. The van der Waals surface area contributed by atoms with Crippen molar-refractivity contribution in [3.05, 3.63) is 0 Å². The van der Waals surface area contributed by atoms with Crippen LogP contribution in [0.15, 0.2) is 0 Å². The first-order chi connectivity index (χ1) is 8.17. The van der Waals surface area contributed by atoms with Gasteiger partial charge < -0.3 is 15.0 Å². The van der Waals surface area contributed by atoms with Crippen molar-refractivity contribution >= 4 is 5.97 Å². The molecule has 1 heterocycles. The smallest absolute Gasteiger partial charge is 0.324 e. The highest BCUT2D eigenvalue weighted by molar-refractivity contribution is 5.75. The highest BCUT2D eigenvalue weighted by Crippen LogP contribution is 2.16. The van der Waals surface area contributed by atoms with Crippen LogP contribution in [0.25, 0.3) is 0 Å². The SMILES string of the molecule is CCCNC(CN1CCC(C)CC1)C(=O)OC. The van der Waals surface area contributed by atoms with Gasteiger partial charge in [0.05, 0.1) is 7.11 Å². The maximum Gasteiger partial charge on any atom is 0.324 e. The van der Waals surface area contributed by atoms with Gasteiger partial charge in [-0.2, -0.15) is 0 Å². The van der Waals surface area contributed by atoms with Crippen LogP contribution in [0, 0.1) is 5.92 Å². The Bertz CT molecular complexity index is 225. The molecule has 1 aliphatic heterocycles. The van der Waals surface area contributed by atoms with Crippen molar-refractivity contribution in [1.82, 2.24) is 10.2 Å². The van der Waals surface area contributed by atoms with Gasteiger partial charge in [0.25, 0.3) is 0 Å². The summed E-state index contributed by atoms with van der Waals surface area (Å²) >= 11 is 0. The zero-order valence-electron chi connectivity index (χ0n) is 11.4. The minimum atomic E-state index is -0.173. The van der Waals surface area contributed by atoms with E-state index in [1.165, 1.54) is 20.0 Å². The summed E-state index contributed by atoms with van der Waals surface area (Å²) in [4.78, 5) is 14.0. The summed E-state index contributed by atoms with van der Waals surface area (Å²) in [5.74, 6) is 0.684. The number of nitrogens with zero attached hydrogens (tertiary/aromatic N) is 1. The minimum absolute atomic E-state index is 0.142. The molecule has 0 aromatic rings. The van der Waals surface area contributed by atoms with Gasteiger partial charge in [0, 0.05) is 6.54 Å². The molecule has 1 N–H and O–H groups in total. The molecule has 4 nitrogen and oxygen atoms in total. The summed E-state index contributed by atoms with van der Waals surface area (Å²) in [6.45, 7) is 8.24. The Morgan fingerprint density at radius 1 is 1.47 bits per heavy atom. The van der Waals surface area contributed by atoms with E-state index in [-0.39, 0.29) is 12.0 Å². The maximum absolute atomic E-state index is 11.6. The van der Waals surface area contributed by atoms with E-state index in [0.29, 0.717) is 0 Å². The van der Waals surface area contributed by atoms with Crippen LogP contribution in [-0.2, 0) is 9.53 Å². The Labute approximate surface area is 105 Å². The Hall–Kier alpha value is -0.610. The summed E-state index contributed by atoms with van der Waals surface area (Å²) in [7, 11) is 1.46. The van der Waals surface area contributed by atoms with Gasteiger partial charge in [-0.15, -0.1) is 0 Å². The number of piperidine rings is 1. The average molecular weight is 242 g/mol. The lowest BCUT2D eigenvalue weighted by Crippen LogP contribution is -2.48. The molecular weight excluding hydrogens is 216 g/mol. The summed E-state index contributed by atoms with van der Waals surface area (Å²) in [5.41, 5.74) is 0. The third-order valence-electron chi connectivity index (χ3n) is 3.44. The van der Waals surface area contributed by atoms with Gasteiger partial charge in [0.1, 0.15) is 6.04 Å². The second-order valence-corrected chi connectivity index (χ2v) is 5.01. The Morgan fingerprint density at radius 2 is 2.12 bits per heavy atom. The third-order valence-corrected chi connectivity index (χ3v) is 3.44. The second kappa shape index (κ2) is 7.67. The fraction of sp³-hybridized carbons (Fsp3) is 0.923. The first-order valence-electron chi connectivity index (χ1n) is 6.71. The zero-order chi connectivity index (χ0) is 12.7. The normalized spacial score (nSPS) is 20.2. The molecule has 1 aliphatic rings. The van der Waals surface area contributed by atoms with Crippen LogP contribution in [0.3, 0.4) is 0 Å². The maximum atomic E-state index is 11.6. The molecule has 0 saturated carbocycles. The number of carbonyl (C=O) groups excluding carboxylic acids is 1. The number of hydrogen-bond acceptors (Lipinski definition) is 4. The van der Waals surface area contributed by atoms with Crippen LogP contribution in [0.1, 0.15) is 33.1 Å². The number of hydrogen-bond donors (Lipinski definition) is 1. The first-order valence-corrected chi connectivity index (χ1v) is 6.71. The van der Waals surface area contributed by atoms with E-state index in [2.05, 4.69) is 24.1 Å². The van der Waals surface area contributed by atoms with Gasteiger partial charge in [0.2, 0.25) is 0 Å². The molecule has 1 fully saturated rings. The molecule has 0 amide bonds. The Balaban J connectivity index is 2.39. The molecule has 0 bridgehead atoms. The fourth-order valence-electron chi connectivity index (χ4n) is 2.19. The van der Waals surface area contributed by atoms with Crippen molar-refractivity contribution in [2.75, 3.05) is 33.3 Å². The summed E-state index contributed by atoms with van der Waals surface area (Å²) in [6, 6.07) is -0.173. The van der Waals surface area contributed by atoms with Crippen LogP contribution in [0.2, 0.25) is 0 Å². The monoisotopic (exact) mass is 242 g/mol. The number of carbonyl (C=O) groups is 1. The van der Waals surface area contributed by atoms with E-state index in [4.69, 9.17) is 4.74 Å². The lowest BCUT2D eigenvalue weighted by Gasteiger charge is -2.32. The van der Waals surface area contributed by atoms with Crippen LogP contribution >= 0.6 is 0 Å². The molecule has 0 aliphatic carbocycles. The van der Waals surface area contributed by atoms with E-state index >= 15 is 0 Å². The molecule has 0 spiro atoms. The van der Waals surface area contributed by atoms with Crippen molar-refractivity contribution in [2.45, 2.75) is 39.2 Å². The highest BCUT2D eigenvalue weighted by atomic mass is 16.5. The summed E-state index contributed by atoms with van der Waals surface area (Å²) in [6.07, 6.45) is 3.51. The third kappa shape index (κ3) is 5.04. The predicted molar refractivity (Wildman–Crippen MR) is 68.9 cm³/mol. The van der Waals surface area contributed by atoms with Gasteiger partial charge in [-0.1, -0.05) is 13.8 Å². The Morgan fingerprint density at radius 3 is 2.65 bits per heavy atom. The molecule has 0 aromatic carbocycles. The van der Waals surface area contributed by atoms with E-state index < -0.39 is 0 Å². The van der Waals surface area contributed by atoms with Gasteiger partial charge in [-0.3, -0.25) is 4.79 Å². The lowest BCUT2D eigenvalue weighted by molar-refractivity contribution is -0.143. The average Bonchev–Trinajstić information content (AvgIpc) is 2.36. The minimum Gasteiger partial charge on any atom is -0.468 e. The first kappa shape index (κ1) is 14.5. The topological polar surface area (TPSA) is 41.6 Å². The van der Waals surface area contributed by atoms with Crippen molar-refractivity contribution < 1.29 is 9.53 Å². The number of likely N-dealkylation sites (tertiary alicyclic amines) is 1. The largest absolute Gasteiger partial charge is 0.468 e. The van der Waals surface area contributed by atoms with Gasteiger partial charge >= 0.3 is 5.97 Å². The zero-order valence-corrected chi connectivity index (χ0v) is 11.4. The fourth-order valence-corrected chi connectivity index (χ4v) is 2.19. The highest BCUT2D eigenvalue weighted by Gasteiger charge is 2.24. The van der Waals surface area contributed by atoms with Gasteiger partial charge in [-0.25, -0.2) is 0 Å². The number of methoxy groups -OCH3 is 1. The van der Waals surface area contributed by atoms with E-state index in [9.17, 15) is 4.79 Å². The Kier molecular flexibility index (Phi) is 6.52. The van der Waals surface area contributed by atoms with E-state index in [0.717, 1.165) is 38.5 Å². The molecule has 0 radical (unpaired) electrons. The van der Waals surface area contributed by atoms with Gasteiger partial charge in [-0.05, 0) is 44.8 Å². The molecule has 17 heavy (non-hydrogen) atoms. The molecule has 100 valence electrons. The molecule has 1 unspecified atom stereocenters. The quantitative estimate of drug-likeness (QED) is 0.712. The van der Waals surface area contributed by atoms with Crippen molar-refractivity contribution in [1.29, 1.82) is 0 Å². The van der Waals surface area contributed by atoms with E-state index in [1.54, 1.807) is 0 Å². The molecule has 1 atom stereocenters. The van der Waals surface area contributed by atoms with E-state index in [1.807, 2.05) is 0 Å². The standard InChI is InChI=1S/C13H26N2O2/c1-4-7-14-12(13(16)17-3)10-15-8-5-11(2)6-9-15/h11-12,14H,4-10H2,1-3H3. The second-order valence-electron chi connectivity index (χ2n) is 5.01. The van der Waals surface area contributed by atoms with Crippen molar-refractivity contribution in [3.8, 4) is 0 Å². The number of ether oxygens (including phenoxy) is 1. The number of nitrogens with one attached hydrogen (secondary N) is 1. The number of esters is 1. The summed E-state index contributed by atoms with van der Waals surface area (Å²) in [5, 5.41) is 3.26. The van der Waals surface area contributed by atoms with Crippen LogP contribution in [0.4, 0.5) is 0 Å². The molecule has 4 heteroatoms. The van der Waals surface area contributed by atoms with Crippen molar-refractivity contribution in [3.63, 3.8) is 0 Å². The molecule has 1 saturated heterocycles. The lowest BCUT2D eigenvalue weighted by atomic mass is 9.99. The van der Waals surface area contributed by atoms with Crippen molar-refractivity contribution in [2.24, 2.45) is 5.92 Å². The molecule has 0 aromatic heterocycles. The molecule has 1 rings (SSSR count). The predicted octanol–water partition coefficient (Wildman–Crippen LogP) is 1.26.